The molecule has 0 N–H and O–H groups in total. The van der Waals surface area contributed by atoms with E-state index in [9.17, 15) is 8.42 Å². The largest absolute Gasteiger partial charge is 0.469 e. The summed E-state index contributed by atoms with van der Waals surface area (Å²) in [6.07, 6.45) is 2.46. The lowest BCUT2D eigenvalue weighted by Crippen LogP contribution is -2.29. The Bertz CT molecular complexity index is 690. The first-order valence-electron chi connectivity index (χ1n) is 7.11. The summed E-state index contributed by atoms with van der Waals surface area (Å²) in [5.41, 5.74) is 1.97. The summed E-state index contributed by atoms with van der Waals surface area (Å²) in [7, 11) is -3.26. The number of nitrogens with zero attached hydrogens (tertiary/aromatic N) is 1. The zero-order valence-electron chi connectivity index (χ0n) is 12.0. The van der Waals surface area contributed by atoms with Crippen LogP contribution in [0.4, 0.5) is 0 Å². The van der Waals surface area contributed by atoms with Gasteiger partial charge in [0.05, 0.1) is 12.0 Å². The number of hydrogen-bond acceptors (Lipinski definition) is 3. The van der Waals surface area contributed by atoms with E-state index in [-0.39, 0.29) is 11.7 Å². The molecule has 1 aromatic carbocycles. The highest BCUT2D eigenvalue weighted by molar-refractivity contribution is 7.88. The number of rotatable bonds is 4. The van der Waals surface area contributed by atoms with Crippen molar-refractivity contribution in [2.45, 2.75) is 25.0 Å². The van der Waals surface area contributed by atoms with Gasteiger partial charge in [0.1, 0.15) is 5.76 Å². The summed E-state index contributed by atoms with van der Waals surface area (Å²) in [5.74, 6) is 1.12. The number of sulfonamides is 1. The van der Waals surface area contributed by atoms with Crippen LogP contribution in [-0.2, 0) is 15.8 Å². The maximum absolute atomic E-state index is 12.5. The standard InChI is InChI=1S/C16H19NO3S/c1-13-4-6-14(7-5-13)12-21(18,19)17-9-8-15(11-17)16-3-2-10-20-16/h2-7,10,15H,8-9,11-12H2,1H3. The molecule has 4 nitrogen and oxygen atoms in total. The van der Waals surface area contributed by atoms with Crippen LogP contribution in [0, 0.1) is 6.92 Å². The molecule has 0 bridgehead atoms. The van der Waals surface area contributed by atoms with E-state index >= 15 is 0 Å². The fraction of sp³-hybridized carbons (Fsp3) is 0.375. The van der Waals surface area contributed by atoms with Crippen molar-refractivity contribution in [2.75, 3.05) is 13.1 Å². The first kappa shape index (κ1) is 14.4. The minimum Gasteiger partial charge on any atom is -0.469 e. The monoisotopic (exact) mass is 305 g/mol. The highest BCUT2D eigenvalue weighted by Gasteiger charge is 2.33. The normalized spacial score (nSPS) is 20.0. The summed E-state index contributed by atoms with van der Waals surface area (Å²) in [6, 6.07) is 11.4. The molecule has 1 fully saturated rings. The van der Waals surface area contributed by atoms with Crippen molar-refractivity contribution < 1.29 is 12.8 Å². The Morgan fingerprint density at radius 3 is 2.67 bits per heavy atom. The second-order valence-corrected chi connectivity index (χ2v) is 7.57. The van der Waals surface area contributed by atoms with Crippen LogP contribution in [0.1, 0.15) is 29.2 Å². The molecule has 0 amide bonds. The van der Waals surface area contributed by atoms with Gasteiger partial charge in [-0.2, -0.15) is 0 Å². The molecule has 0 saturated carbocycles. The van der Waals surface area contributed by atoms with Gasteiger partial charge in [-0.1, -0.05) is 29.8 Å². The molecule has 21 heavy (non-hydrogen) atoms. The molecule has 2 aromatic rings. The summed E-state index contributed by atoms with van der Waals surface area (Å²) in [4.78, 5) is 0. The lowest BCUT2D eigenvalue weighted by Gasteiger charge is -2.16. The maximum atomic E-state index is 12.5. The summed E-state index contributed by atoms with van der Waals surface area (Å²) >= 11 is 0. The summed E-state index contributed by atoms with van der Waals surface area (Å²) in [5, 5.41) is 0. The van der Waals surface area contributed by atoms with Gasteiger partial charge in [0.25, 0.3) is 0 Å². The van der Waals surface area contributed by atoms with E-state index in [1.165, 1.54) is 0 Å². The van der Waals surface area contributed by atoms with Crippen molar-refractivity contribution in [1.82, 2.24) is 4.31 Å². The van der Waals surface area contributed by atoms with Crippen molar-refractivity contribution in [2.24, 2.45) is 0 Å². The molecule has 1 unspecified atom stereocenters. The molecule has 1 aliphatic rings. The molecular weight excluding hydrogens is 286 g/mol. The van der Waals surface area contributed by atoms with Crippen LogP contribution in [0.25, 0.3) is 0 Å². The fourth-order valence-electron chi connectivity index (χ4n) is 2.72. The quantitative estimate of drug-likeness (QED) is 0.872. The molecule has 2 heterocycles. The molecule has 112 valence electrons. The van der Waals surface area contributed by atoms with Gasteiger partial charge in [0.2, 0.25) is 10.0 Å². The molecule has 5 heteroatoms. The molecule has 0 radical (unpaired) electrons. The molecule has 1 aromatic heterocycles. The van der Waals surface area contributed by atoms with E-state index in [2.05, 4.69) is 0 Å². The van der Waals surface area contributed by atoms with Crippen LogP contribution in [-0.4, -0.2) is 25.8 Å². The average molecular weight is 305 g/mol. The highest BCUT2D eigenvalue weighted by Crippen LogP contribution is 2.30. The number of benzene rings is 1. The smallest absolute Gasteiger partial charge is 0.218 e. The van der Waals surface area contributed by atoms with E-state index in [1.54, 1.807) is 10.6 Å². The van der Waals surface area contributed by atoms with E-state index in [0.717, 1.165) is 23.3 Å². The predicted molar refractivity (Wildman–Crippen MR) is 81.4 cm³/mol. The van der Waals surface area contributed by atoms with Crippen molar-refractivity contribution in [3.8, 4) is 0 Å². The fourth-order valence-corrected chi connectivity index (χ4v) is 4.31. The first-order chi connectivity index (χ1) is 10.0. The Morgan fingerprint density at radius 2 is 2.00 bits per heavy atom. The van der Waals surface area contributed by atoms with E-state index in [4.69, 9.17) is 4.42 Å². The Morgan fingerprint density at radius 1 is 1.24 bits per heavy atom. The summed E-state index contributed by atoms with van der Waals surface area (Å²) in [6.45, 7) is 3.08. The third-order valence-corrected chi connectivity index (χ3v) is 5.78. The Balaban J connectivity index is 1.70. The highest BCUT2D eigenvalue weighted by atomic mass is 32.2. The SMILES string of the molecule is Cc1ccc(CS(=O)(=O)N2CCC(c3ccco3)C2)cc1. The number of hydrogen-bond donors (Lipinski definition) is 0. The lowest BCUT2D eigenvalue weighted by atomic mass is 10.1. The van der Waals surface area contributed by atoms with E-state index in [1.807, 2.05) is 43.3 Å². The number of furan rings is 1. The van der Waals surface area contributed by atoms with Crippen LogP contribution in [0.3, 0.4) is 0 Å². The van der Waals surface area contributed by atoms with Crippen LogP contribution < -0.4 is 0 Å². The number of aryl methyl sites for hydroxylation is 1. The Labute approximate surface area is 125 Å². The maximum Gasteiger partial charge on any atom is 0.218 e. The van der Waals surface area contributed by atoms with Gasteiger partial charge in [0, 0.05) is 19.0 Å². The molecule has 1 aliphatic heterocycles. The summed E-state index contributed by atoms with van der Waals surface area (Å²) < 4.78 is 32.0. The minimum atomic E-state index is -3.26. The van der Waals surface area contributed by atoms with Crippen molar-refractivity contribution in [3.05, 3.63) is 59.5 Å². The lowest BCUT2D eigenvalue weighted by molar-refractivity contribution is 0.444. The van der Waals surface area contributed by atoms with Gasteiger partial charge in [-0.3, -0.25) is 0 Å². The van der Waals surface area contributed by atoms with Crippen LogP contribution >= 0.6 is 0 Å². The van der Waals surface area contributed by atoms with Crippen LogP contribution in [0.2, 0.25) is 0 Å². The molecule has 3 rings (SSSR count). The van der Waals surface area contributed by atoms with Crippen molar-refractivity contribution in [3.63, 3.8) is 0 Å². The van der Waals surface area contributed by atoms with Crippen molar-refractivity contribution >= 4 is 10.0 Å². The van der Waals surface area contributed by atoms with Crippen LogP contribution in [0.15, 0.2) is 47.1 Å². The topological polar surface area (TPSA) is 50.5 Å². The van der Waals surface area contributed by atoms with Crippen LogP contribution in [0.5, 0.6) is 0 Å². The Hall–Kier alpha value is -1.59. The zero-order chi connectivity index (χ0) is 14.9. The van der Waals surface area contributed by atoms with Gasteiger partial charge >= 0.3 is 0 Å². The van der Waals surface area contributed by atoms with Crippen molar-refractivity contribution in [1.29, 1.82) is 0 Å². The first-order valence-corrected chi connectivity index (χ1v) is 8.72. The van der Waals surface area contributed by atoms with E-state index < -0.39 is 10.0 Å². The molecule has 0 aliphatic carbocycles. The minimum absolute atomic E-state index is 0.0676. The third-order valence-electron chi connectivity index (χ3n) is 3.96. The Kier molecular flexibility index (Phi) is 3.87. The molecule has 1 atom stereocenters. The second kappa shape index (κ2) is 5.66. The van der Waals surface area contributed by atoms with Gasteiger partial charge in [-0.25, -0.2) is 12.7 Å². The molecule has 0 spiro atoms. The van der Waals surface area contributed by atoms with Gasteiger partial charge in [-0.15, -0.1) is 0 Å². The molecule has 1 saturated heterocycles. The zero-order valence-corrected chi connectivity index (χ0v) is 12.8. The van der Waals surface area contributed by atoms with Gasteiger partial charge in [-0.05, 0) is 31.0 Å². The van der Waals surface area contributed by atoms with Gasteiger partial charge < -0.3 is 4.42 Å². The predicted octanol–water partition coefficient (Wildman–Crippen LogP) is 2.91. The van der Waals surface area contributed by atoms with Gasteiger partial charge in [0.15, 0.2) is 0 Å². The van der Waals surface area contributed by atoms with E-state index in [0.29, 0.717) is 13.1 Å². The second-order valence-electron chi connectivity index (χ2n) is 5.60. The average Bonchev–Trinajstić information content (AvgIpc) is 3.11. The third kappa shape index (κ3) is 3.19. The molecular formula is C16H19NO3S.